The lowest BCUT2D eigenvalue weighted by Crippen LogP contribution is -1.92. The number of para-hydroxylation sites is 1. The fourth-order valence-electron chi connectivity index (χ4n) is 1.84. The average molecular weight is 287 g/mol. The number of nitrogens with zero attached hydrogens (tertiary/aromatic N) is 2. The van der Waals surface area contributed by atoms with E-state index < -0.39 is 0 Å². The summed E-state index contributed by atoms with van der Waals surface area (Å²) < 4.78 is 5.63. The Labute approximate surface area is 120 Å². The number of hydrogen-bond donors (Lipinski definition) is 1. The number of rotatable bonds is 3. The Morgan fingerprint density at radius 2 is 1.95 bits per heavy atom. The Hall–Kier alpha value is -2.17. The quantitative estimate of drug-likeness (QED) is 0.800. The first kappa shape index (κ1) is 12.8. The zero-order chi connectivity index (χ0) is 13.9. The summed E-state index contributed by atoms with van der Waals surface area (Å²) >= 11 is 6.06. The Morgan fingerprint density at radius 1 is 1.10 bits per heavy atom. The van der Waals surface area contributed by atoms with Crippen molar-refractivity contribution in [2.24, 2.45) is 0 Å². The maximum atomic E-state index is 9.01. The SMILES string of the molecule is OCc1cnc(Oc2cnc3ccccc3c2)c(Cl)c1. The van der Waals surface area contributed by atoms with Crippen LogP contribution in [0.4, 0.5) is 0 Å². The molecule has 5 heteroatoms. The number of aromatic nitrogens is 2. The van der Waals surface area contributed by atoms with Gasteiger partial charge in [-0.1, -0.05) is 29.8 Å². The minimum atomic E-state index is -0.107. The molecule has 100 valence electrons. The second kappa shape index (κ2) is 5.45. The smallest absolute Gasteiger partial charge is 0.238 e. The van der Waals surface area contributed by atoms with Crippen LogP contribution in [0, 0.1) is 0 Å². The van der Waals surface area contributed by atoms with E-state index in [1.165, 1.54) is 6.20 Å². The van der Waals surface area contributed by atoms with Crippen LogP contribution < -0.4 is 4.74 Å². The van der Waals surface area contributed by atoms with Gasteiger partial charge in [-0.2, -0.15) is 0 Å². The molecule has 0 aliphatic rings. The molecular weight excluding hydrogens is 276 g/mol. The Bertz CT molecular complexity index is 762. The predicted octanol–water partition coefficient (Wildman–Crippen LogP) is 3.57. The fourth-order valence-corrected chi connectivity index (χ4v) is 2.07. The van der Waals surface area contributed by atoms with Gasteiger partial charge in [0, 0.05) is 11.6 Å². The van der Waals surface area contributed by atoms with Gasteiger partial charge in [0.05, 0.1) is 18.3 Å². The Morgan fingerprint density at radius 3 is 2.75 bits per heavy atom. The maximum Gasteiger partial charge on any atom is 0.238 e. The maximum absolute atomic E-state index is 9.01. The Balaban J connectivity index is 1.92. The number of hydrogen-bond acceptors (Lipinski definition) is 4. The lowest BCUT2D eigenvalue weighted by atomic mass is 10.2. The molecule has 2 aromatic heterocycles. The van der Waals surface area contributed by atoms with Crippen molar-refractivity contribution in [3.8, 4) is 11.6 Å². The van der Waals surface area contributed by atoms with Crippen LogP contribution in [0.25, 0.3) is 10.9 Å². The summed E-state index contributed by atoms with van der Waals surface area (Å²) in [7, 11) is 0. The summed E-state index contributed by atoms with van der Waals surface area (Å²) in [6.07, 6.45) is 3.15. The summed E-state index contributed by atoms with van der Waals surface area (Å²) in [6, 6.07) is 11.3. The minimum Gasteiger partial charge on any atom is -0.436 e. The zero-order valence-electron chi connectivity index (χ0n) is 10.5. The van der Waals surface area contributed by atoms with E-state index >= 15 is 0 Å². The van der Waals surface area contributed by atoms with Gasteiger partial charge in [-0.05, 0) is 23.8 Å². The second-order valence-electron chi connectivity index (χ2n) is 4.25. The molecule has 0 amide bonds. The summed E-state index contributed by atoms with van der Waals surface area (Å²) in [5.74, 6) is 0.857. The standard InChI is InChI=1S/C15H11ClN2O2/c16-13-5-10(9-19)7-18-15(13)20-12-6-11-3-1-2-4-14(11)17-8-12/h1-8,19H,9H2. The van der Waals surface area contributed by atoms with E-state index in [2.05, 4.69) is 9.97 Å². The third kappa shape index (κ3) is 2.57. The highest BCUT2D eigenvalue weighted by atomic mass is 35.5. The second-order valence-corrected chi connectivity index (χ2v) is 4.66. The van der Waals surface area contributed by atoms with Gasteiger partial charge in [0.2, 0.25) is 5.88 Å². The topological polar surface area (TPSA) is 55.2 Å². The van der Waals surface area contributed by atoms with Crippen molar-refractivity contribution in [3.05, 3.63) is 59.4 Å². The predicted molar refractivity (Wildman–Crippen MR) is 77.0 cm³/mol. The number of fused-ring (bicyclic) bond motifs is 1. The molecule has 0 unspecified atom stereocenters. The molecule has 3 aromatic rings. The van der Waals surface area contributed by atoms with E-state index in [4.69, 9.17) is 21.4 Å². The number of pyridine rings is 2. The van der Waals surface area contributed by atoms with Gasteiger partial charge in [0.25, 0.3) is 0 Å². The van der Waals surface area contributed by atoms with Crippen LogP contribution in [0.3, 0.4) is 0 Å². The number of halogens is 1. The molecule has 0 saturated carbocycles. The van der Waals surface area contributed by atoms with Crippen molar-refractivity contribution in [2.45, 2.75) is 6.61 Å². The number of ether oxygens (including phenoxy) is 1. The van der Waals surface area contributed by atoms with Crippen molar-refractivity contribution in [1.29, 1.82) is 0 Å². The van der Waals surface area contributed by atoms with Gasteiger partial charge in [-0.15, -0.1) is 0 Å². The minimum absolute atomic E-state index is 0.107. The molecule has 2 heterocycles. The van der Waals surface area contributed by atoms with Gasteiger partial charge in [0.1, 0.15) is 10.8 Å². The van der Waals surface area contributed by atoms with Crippen LogP contribution in [0.2, 0.25) is 5.02 Å². The van der Waals surface area contributed by atoms with Gasteiger partial charge in [-0.3, -0.25) is 4.98 Å². The molecule has 0 fully saturated rings. The third-order valence-electron chi connectivity index (χ3n) is 2.83. The van der Waals surface area contributed by atoms with E-state index in [1.54, 1.807) is 12.3 Å². The summed E-state index contributed by atoms with van der Waals surface area (Å²) in [5.41, 5.74) is 1.54. The number of aliphatic hydroxyl groups is 1. The van der Waals surface area contributed by atoms with E-state index in [1.807, 2.05) is 30.3 Å². The highest BCUT2D eigenvalue weighted by Crippen LogP contribution is 2.28. The fraction of sp³-hybridized carbons (Fsp3) is 0.0667. The molecule has 3 rings (SSSR count). The summed E-state index contributed by atoms with van der Waals surface area (Å²) in [4.78, 5) is 8.39. The van der Waals surface area contributed by atoms with Crippen molar-refractivity contribution in [3.63, 3.8) is 0 Å². The molecule has 0 atom stereocenters. The van der Waals surface area contributed by atoms with Crippen LogP contribution in [-0.4, -0.2) is 15.1 Å². The summed E-state index contributed by atoms with van der Waals surface area (Å²) in [6.45, 7) is -0.107. The zero-order valence-corrected chi connectivity index (χ0v) is 11.2. The third-order valence-corrected chi connectivity index (χ3v) is 3.10. The molecule has 0 bridgehead atoms. The van der Waals surface area contributed by atoms with E-state index in [-0.39, 0.29) is 6.61 Å². The first-order valence-corrected chi connectivity index (χ1v) is 6.42. The number of benzene rings is 1. The summed E-state index contributed by atoms with van der Waals surface area (Å²) in [5, 5.41) is 10.3. The Kier molecular flexibility index (Phi) is 3.50. The van der Waals surface area contributed by atoms with E-state index in [9.17, 15) is 0 Å². The molecular formula is C15H11ClN2O2. The van der Waals surface area contributed by atoms with E-state index in [0.29, 0.717) is 22.2 Å². The first-order chi connectivity index (χ1) is 9.76. The monoisotopic (exact) mass is 286 g/mol. The van der Waals surface area contributed by atoms with Crippen molar-refractivity contribution in [2.75, 3.05) is 0 Å². The largest absolute Gasteiger partial charge is 0.436 e. The first-order valence-electron chi connectivity index (χ1n) is 6.04. The average Bonchev–Trinajstić information content (AvgIpc) is 2.49. The lowest BCUT2D eigenvalue weighted by Gasteiger charge is -2.07. The molecule has 0 aliphatic heterocycles. The molecule has 1 N–H and O–H groups in total. The van der Waals surface area contributed by atoms with Crippen LogP contribution in [0.5, 0.6) is 11.6 Å². The van der Waals surface area contributed by atoms with Crippen LogP contribution in [0.1, 0.15) is 5.56 Å². The van der Waals surface area contributed by atoms with Gasteiger partial charge >= 0.3 is 0 Å². The van der Waals surface area contributed by atoms with Crippen LogP contribution in [0.15, 0.2) is 48.8 Å². The molecule has 4 nitrogen and oxygen atoms in total. The van der Waals surface area contributed by atoms with Gasteiger partial charge in [-0.25, -0.2) is 4.98 Å². The molecule has 0 spiro atoms. The van der Waals surface area contributed by atoms with Crippen molar-refractivity contribution in [1.82, 2.24) is 9.97 Å². The highest BCUT2D eigenvalue weighted by molar-refractivity contribution is 6.31. The molecule has 0 saturated heterocycles. The van der Waals surface area contributed by atoms with Crippen molar-refractivity contribution < 1.29 is 9.84 Å². The molecule has 0 aliphatic carbocycles. The molecule has 1 aromatic carbocycles. The normalized spacial score (nSPS) is 10.7. The van der Waals surface area contributed by atoms with Gasteiger partial charge < -0.3 is 9.84 Å². The van der Waals surface area contributed by atoms with Gasteiger partial charge in [0.15, 0.2) is 0 Å². The molecule has 0 radical (unpaired) electrons. The van der Waals surface area contributed by atoms with E-state index in [0.717, 1.165) is 10.9 Å². The molecule has 20 heavy (non-hydrogen) atoms. The highest BCUT2D eigenvalue weighted by Gasteiger charge is 2.07. The van der Waals surface area contributed by atoms with Crippen LogP contribution in [-0.2, 0) is 6.61 Å². The van der Waals surface area contributed by atoms with Crippen LogP contribution >= 0.6 is 11.6 Å². The lowest BCUT2D eigenvalue weighted by molar-refractivity contribution is 0.281. The van der Waals surface area contributed by atoms with Crippen molar-refractivity contribution >= 4 is 22.5 Å². The number of aliphatic hydroxyl groups excluding tert-OH is 1.